The fourth-order valence-corrected chi connectivity index (χ4v) is 4.17. The van der Waals surface area contributed by atoms with Crippen molar-refractivity contribution in [2.45, 2.75) is 24.2 Å². The number of thiophene rings is 1. The van der Waals surface area contributed by atoms with Crippen LogP contribution in [0.15, 0.2) is 22.7 Å². The molecule has 2 rings (SSSR count). The number of nitrogens with one attached hydrogen (secondary N) is 1. The van der Waals surface area contributed by atoms with Crippen LogP contribution in [0.4, 0.5) is 0 Å². The third kappa shape index (κ3) is 3.21. The first kappa shape index (κ1) is 14.2. The Balaban J connectivity index is 2.13. The Kier molecular flexibility index (Phi) is 4.04. The Morgan fingerprint density at radius 3 is 2.79 bits per heavy atom. The zero-order valence-electron chi connectivity index (χ0n) is 10.8. The van der Waals surface area contributed by atoms with Gasteiger partial charge in [-0.3, -0.25) is 4.68 Å². The molecule has 0 radical (unpaired) electrons. The molecule has 0 atom stereocenters. The number of hydrogen-bond donors (Lipinski definition) is 2. The molecule has 0 aliphatic heterocycles. The number of aryl methyl sites for hydroxylation is 2. The number of rotatable bonds is 5. The van der Waals surface area contributed by atoms with Gasteiger partial charge in [-0.25, -0.2) is 13.1 Å². The number of nitrogens with zero attached hydrogens (tertiary/aromatic N) is 2. The van der Waals surface area contributed by atoms with E-state index in [4.69, 9.17) is 5.73 Å². The van der Waals surface area contributed by atoms with Crippen molar-refractivity contribution in [2.75, 3.05) is 0 Å². The molecule has 6 nitrogen and oxygen atoms in total. The second kappa shape index (κ2) is 5.41. The number of nitrogens with two attached hydrogens (primary N) is 1. The predicted molar refractivity (Wildman–Crippen MR) is 74.2 cm³/mol. The smallest absolute Gasteiger partial charge is 0.250 e. The highest BCUT2D eigenvalue weighted by Gasteiger charge is 2.18. The second-order valence-corrected chi connectivity index (χ2v) is 7.35. The minimum absolute atomic E-state index is 0.227. The summed E-state index contributed by atoms with van der Waals surface area (Å²) in [6, 6.07) is 1.65. The van der Waals surface area contributed by atoms with Crippen LogP contribution in [0.1, 0.15) is 16.0 Å². The molecule has 0 saturated heterocycles. The largest absolute Gasteiger partial charge is 0.326 e. The molecule has 3 N–H and O–H groups in total. The predicted octanol–water partition coefficient (Wildman–Crippen LogP) is 0.727. The van der Waals surface area contributed by atoms with Gasteiger partial charge in [-0.05, 0) is 18.6 Å². The minimum atomic E-state index is -3.49. The van der Waals surface area contributed by atoms with Gasteiger partial charge in [0.05, 0.1) is 6.20 Å². The van der Waals surface area contributed by atoms with Gasteiger partial charge in [0.25, 0.3) is 0 Å². The van der Waals surface area contributed by atoms with Gasteiger partial charge in [-0.2, -0.15) is 5.10 Å². The summed E-state index contributed by atoms with van der Waals surface area (Å²) in [5, 5.41) is 3.99. The Morgan fingerprint density at radius 1 is 1.53 bits per heavy atom. The van der Waals surface area contributed by atoms with Crippen molar-refractivity contribution < 1.29 is 8.42 Å². The lowest BCUT2D eigenvalue weighted by atomic mass is 10.3. The Morgan fingerprint density at radius 2 is 2.26 bits per heavy atom. The molecule has 0 bridgehead atoms. The van der Waals surface area contributed by atoms with E-state index in [9.17, 15) is 8.42 Å². The van der Waals surface area contributed by atoms with Gasteiger partial charge in [0.1, 0.15) is 4.21 Å². The zero-order chi connectivity index (χ0) is 14.0. The van der Waals surface area contributed by atoms with Crippen molar-refractivity contribution in [3.8, 4) is 0 Å². The summed E-state index contributed by atoms with van der Waals surface area (Å²) in [6.07, 6.45) is 3.40. The third-order valence-corrected chi connectivity index (χ3v) is 5.81. The summed E-state index contributed by atoms with van der Waals surface area (Å²) in [4.78, 5) is 0.891. The molecule has 0 saturated carbocycles. The van der Waals surface area contributed by atoms with Gasteiger partial charge in [-0.15, -0.1) is 11.3 Å². The van der Waals surface area contributed by atoms with Gasteiger partial charge in [-0.1, -0.05) is 0 Å². The monoisotopic (exact) mass is 300 g/mol. The van der Waals surface area contributed by atoms with Crippen molar-refractivity contribution in [1.29, 1.82) is 0 Å². The van der Waals surface area contributed by atoms with E-state index in [1.165, 1.54) is 11.3 Å². The van der Waals surface area contributed by atoms with E-state index in [1.54, 1.807) is 30.2 Å². The highest BCUT2D eigenvalue weighted by molar-refractivity contribution is 7.91. The quantitative estimate of drug-likeness (QED) is 0.851. The average molecular weight is 300 g/mol. The van der Waals surface area contributed by atoms with Crippen LogP contribution in [-0.2, 0) is 30.2 Å². The van der Waals surface area contributed by atoms with Crippen molar-refractivity contribution in [1.82, 2.24) is 14.5 Å². The van der Waals surface area contributed by atoms with E-state index in [1.807, 2.05) is 6.92 Å². The molecule has 0 fully saturated rings. The Bertz CT molecular complexity index is 673. The molecule has 2 aromatic heterocycles. The molecule has 19 heavy (non-hydrogen) atoms. The summed E-state index contributed by atoms with van der Waals surface area (Å²) in [7, 11) is -1.70. The topological polar surface area (TPSA) is 90.0 Å². The number of sulfonamides is 1. The van der Waals surface area contributed by atoms with E-state index in [2.05, 4.69) is 9.82 Å². The zero-order valence-corrected chi connectivity index (χ0v) is 12.4. The maximum Gasteiger partial charge on any atom is 0.250 e. The fraction of sp³-hybridized carbons (Fsp3) is 0.364. The molecular weight excluding hydrogens is 284 g/mol. The Labute approximate surface area is 116 Å². The van der Waals surface area contributed by atoms with E-state index in [0.717, 1.165) is 16.0 Å². The fourth-order valence-electron chi connectivity index (χ4n) is 1.64. The molecule has 0 unspecified atom stereocenters. The molecule has 0 amide bonds. The lowest BCUT2D eigenvalue weighted by Gasteiger charge is -2.02. The lowest BCUT2D eigenvalue weighted by molar-refractivity contribution is 0.583. The average Bonchev–Trinajstić information content (AvgIpc) is 2.93. The van der Waals surface area contributed by atoms with Crippen molar-refractivity contribution in [3.05, 3.63) is 34.5 Å². The SMILES string of the molecule is Cc1cc(S(=O)(=O)NCc2cnn(C)c2)sc1CN. The van der Waals surface area contributed by atoms with Crippen LogP contribution in [0.25, 0.3) is 0 Å². The molecule has 2 heterocycles. The summed E-state index contributed by atoms with van der Waals surface area (Å²) in [6.45, 7) is 2.44. The van der Waals surface area contributed by atoms with Crippen LogP contribution in [0.5, 0.6) is 0 Å². The molecule has 2 aromatic rings. The van der Waals surface area contributed by atoms with Crippen molar-refractivity contribution in [2.24, 2.45) is 12.8 Å². The summed E-state index contributed by atoms with van der Waals surface area (Å²) in [5.74, 6) is 0. The lowest BCUT2D eigenvalue weighted by Crippen LogP contribution is -2.22. The highest BCUT2D eigenvalue weighted by Crippen LogP contribution is 2.25. The maximum absolute atomic E-state index is 12.1. The van der Waals surface area contributed by atoms with Crippen LogP contribution >= 0.6 is 11.3 Å². The normalized spacial score (nSPS) is 11.9. The van der Waals surface area contributed by atoms with Crippen molar-refractivity contribution in [3.63, 3.8) is 0 Å². The molecular formula is C11H16N4O2S2. The first-order chi connectivity index (χ1) is 8.92. The van der Waals surface area contributed by atoms with Gasteiger partial charge >= 0.3 is 0 Å². The van der Waals surface area contributed by atoms with E-state index in [-0.39, 0.29) is 6.54 Å². The highest BCUT2D eigenvalue weighted by atomic mass is 32.2. The number of aromatic nitrogens is 2. The second-order valence-electron chi connectivity index (χ2n) is 4.22. The summed E-state index contributed by atoms with van der Waals surface area (Å²) >= 11 is 1.21. The van der Waals surface area contributed by atoms with E-state index < -0.39 is 10.0 Å². The van der Waals surface area contributed by atoms with Crippen LogP contribution in [0.3, 0.4) is 0 Å². The van der Waals surface area contributed by atoms with E-state index in [0.29, 0.717) is 10.8 Å². The molecule has 0 aromatic carbocycles. The summed E-state index contributed by atoms with van der Waals surface area (Å²) < 4.78 is 28.7. The first-order valence-corrected chi connectivity index (χ1v) is 7.99. The molecule has 104 valence electrons. The van der Waals surface area contributed by atoms with Crippen LogP contribution in [-0.4, -0.2) is 18.2 Å². The van der Waals surface area contributed by atoms with Crippen molar-refractivity contribution >= 4 is 21.4 Å². The van der Waals surface area contributed by atoms with Crippen LogP contribution in [0.2, 0.25) is 0 Å². The standard InChI is InChI=1S/C11H16N4O2S2/c1-8-3-11(18-10(8)4-12)19(16,17)14-6-9-5-13-15(2)7-9/h3,5,7,14H,4,6,12H2,1-2H3. The van der Waals surface area contributed by atoms with Gasteiger partial charge in [0, 0.05) is 36.8 Å². The summed E-state index contributed by atoms with van der Waals surface area (Å²) in [5.41, 5.74) is 7.29. The van der Waals surface area contributed by atoms with Crippen LogP contribution in [0, 0.1) is 6.92 Å². The van der Waals surface area contributed by atoms with E-state index >= 15 is 0 Å². The third-order valence-electron chi connectivity index (χ3n) is 2.67. The van der Waals surface area contributed by atoms with Gasteiger partial charge in [0.15, 0.2) is 0 Å². The first-order valence-electron chi connectivity index (χ1n) is 5.69. The number of hydrogen-bond acceptors (Lipinski definition) is 5. The molecule has 8 heteroatoms. The maximum atomic E-state index is 12.1. The molecule has 0 spiro atoms. The Hall–Kier alpha value is -1.22. The molecule has 0 aliphatic rings. The molecule has 0 aliphatic carbocycles. The van der Waals surface area contributed by atoms with Gasteiger partial charge < -0.3 is 5.73 Å². The van der Waals surface area contributed by atoms with Gasteiger partial charge in [0.2, 0.25) is 10.0 Å². The minimum Gasteiger partial charge on any atom is -0.326 e. The van der Waals surface area contributed by atoms with Crippen LogP contribution < -0.4 is 10.5 Å².